The molecule has 2 aromatic heterocycles. The molecule has 0 radical (unpaired) electrons. The molecular formula is C20H27N3O3S. The molecule has 0 N–H and O–H groups in total. The molecule has 7 heteroatoms. The third kappa shape index (κ3) is 4.09. The van der Waals surface area contributed by atoms with Crippen molar-refractivity contribution in [1.29, 1.82) is 0 Å². The molecule has 1 unspecified atom stereocenters. The van der Waals surface area contributed by atoms with Crippen LogP contribution < -0.4 is 0 Å². The number of piperidine rings is 1. The SMILES string of the molecule is CC(C)c1nc(CC2CCOC3(CCN(C(=O)c4cccs4)CC3)C2)no1. The Balaban J connectivity index is 1.34. The quantitative estimate of drug-likeness (QED) is 0.793. The molecule has 2 fully saturated rings. The fraction of sp³-hybridized carbons (Fsp3) is 0.650. The summed E-state index contributed by atoms with van der Waals surface area (Å²) in [4.78, 5) is 19.9. The maximum absolute atomic E-state index is 12.6. The van der Waals surface area contributed by atoms with Crippen molar-refractivity contribution in [3.05, 3.63) is 34.1 Å². The summed E-state index contributed by atoms with van der Waals surface area (Å²) in [6.07, 6.45) is 4.71. The lowest BCUT2D eigenvalue weighted by Crippen LogP contribution is -2.50. The molecule has 2 aliphatic heterocycles. The van der Waals surface area contributed by atoms with Crippen molar-refractivity contribution in [1.82, 2.24) is 15.0 Å². The second kappa shape index (κ2) is 7.72. The molecule has 146 valence electrons. The van der Waals surface area contributed by atoms with Gasteiger partial charge in [0.15, 0.2) is 5.82 Å². The van der Waals surface area contributed by atoms with Crippen LogP contribution in [-0.2, 0) is 11.2 Å². The summed E-state index contributed by atoms with van der Waals surface area (Å²) in [7, 11) is 0. The van der Waals surface area contributed by atoms with Crippen LogP contribution in [0.2, 0.25) is 0 Å². The molecule has 4 heterocycles. The van der Waals surface area contributed by atoms with Crippen molar-refractivity contribution in [2.75, 3.05) is 19.7 Å². The van der Waals surface area contributed by atoms with E-state index in [0.717, 1.165) is 62.5 Å². The Hall–Kier alpha value is -1.73. The van der Waals surface area contributed by atoms with E-state index < -0.39 is 0 Å². The zero-order valence-electron chi connectivity index (χ0n) is 16.0. The van der Waals surface area contributed by atoms with Crippen molar-refractivity contribution in [3.63, 3.8) is 0 Å². The number of carbonyl (C=O) groups is 1. The molecule has 1 spiro atoms. The number of likely N-dealkylation sites (tertiary alicyclic amines) is 1. The van der Waals surface area contributed by atoms with E-state index in [9.17, 15) is 4.79 Å². The van der Waals surface area contributed by atoms with Crippen LogP contribution in [0.5, 0.6) is 0 Å². The van der Waals surface area contributed by atoms with E-state index in [1.165, 1.54) is 11.3 Å². The molecular weight excluding hydrogens is 362 g/mol. The minimum absolute atomic E-state index is 0.0975. The fourth-order valence-electron chi connectivity index (χ4n) is 4.17. The smallest absolute Gasteiger partial charge is 0.263 e. The predicted molar refractivity (Wildman–Crippen MR) is 103 cm³/mol. The Morgan fingerprint density at radius 1 is 1.41 bits per heavy atom. The molecule has 27 heavy (non-hydrogen) atoms. The van der Waals surface area contributed by atoms with Crippen molar-refractivity contribution < 1.29 is 14.1 Å². The number of aromatic nitrogens is 2. The van der Waals surface area contributed by atoms with Crippen molar-refractivity contribution in [2.24, 2.45) is 5.92 Å². The van der Waals surface area contributed by atoms with Gasteiger partial charge in [-0.05, 0) is 43.0 Å². The van der Waals surface area contributed by atoms with Gasteiger partial charge in [-0.25, -0.2) is 0 Å². The Morgan fingerprint density at radius 2 is 2.22 bits per heavy atom. The Morgan fingerprint density at radius 3 is 2.89 bits per heavy atom. The van der Waals surface area contributed by atoms with Gasteiger partial charge in [-0.3, -0.25) is 4.79 Å². The normalized spacial score (nSPS) is 22.5. The third-order valence-corrected chi connectivity index (χ3v) is 6.60. The van der Waals surface area contributed by atoms with E-state index in [1.807, 2.05) is 22.4 Å². The van der Waals surface area contributed by atoms with Gasteiger partial charge in [0, 0.05) is 32.0 Å². The summed E-state index contributed by atoms with van der Waals surface area (Å²) < 4.78 is 11.6. The summed E-state index contributed by atoms with van der Waals surface area (Å²) in [5.41, 5.74) is -0.0975. The second-order valence-corrected chi connectivity index (χ2v) is 9.02. The Labute approximate surface area is 163 Å². The number of nitrogens with zero attached hydrogens (tertiary/aromatic N) is 3. The van der Waals surface area contributed by atoms with Crippen LogP contribution in [0.4, 0.5) is 0 Å². The first-order chi connectivity index (χ1) is 13.0. The molecule has 2 aliphatic rings. The zero-order chi connectivity index (χ0) is 18.9. The van der Waals surface area contributed by atoms with E-state index in [1.54, 1.807) is 0 Å². The molecule has 1 amide bonds. The van der Waals surface area contributed by atoms with Gasteiger partial charge in [0.1, 0.15) is 0 Å². The summed E-state index contributed by atoms with van der Waals surface area (Å²) >= 11 is 1.51. The maximum Gasteiger partial charge on any atom is 0.263 e. The van der Waals surface area contributed by atoms with Gasteiger partial charge in [-0.15, -0.1) is 11.3 Å². The molecule has 0 bridgehead atoms. The maximum atomic E-state index is 12.6. The topological polar surface area (TPSA) is 68.5 Å². The van der Waals surface area contributed by atoms with Crippen LogP contribution in [0.1, 0.15) is 66.8 Å². The van der Waals surface area contributed by atoms with Gasteiger partial charge in [-0.1, -0.05) is 25.1 Å². The number of hydrogen-bond acceptors (Lipinski definition) is 6. The first-order valence-corrected chi connectivity index (χ1v) is 10.7. The number of thiophene rings is 1. The van der Waals surface area contributed by atoms with Crippen LogP contribution in [-0.4, -0.2) is 46.2 Å². The zero-order valence-corrected chi connectivity index (χ0v) is 16.8. The highest BCUT2D eigenvalue weighted by molar-refractivity contribution is 7.12. The highest BCUT2D eigenvalue weighted by Crippen LogP contribution is 2.39. The lowest BCUT2D eigenvalue weighted by Gasteiger charge is -2.46. The van der Waals surface area contributed by atoms with Crippen molar-refractivity contribution >= 4 is 17.2 Å². The second-order valence-electron chi connectivity index (χ2n) is 8.07. The largest absolute Gasteiger partial charge is 0.375 e. The molecule has 6 nitrogen and oxygen atoms in total. The van der Waals surface area contributed by atoms with Crippen LogP contribution in [0.25, 0.3) is 0 Å². The van der Waals surface area contributed by atoms with Gasteiger partial charge in [0.2, 0.25) is 5.89 Å². The number of rotatable bonds is 4. The summed E-state index contributed by atoms with van der Waals surface area (Å²) in [5.74, 6) is 2.45. The Bertz CT molecular complexity index is 763. The predicted octanol–water partition coefficient (Wildman–Crippen LogP) is 3.90. The lowest BCUT2D eigenvalue weighted by molar-refractivity contribution is -0.123. The molecule has 4 rings (SSSR count). The third-order valence-electron chi connectivity index (χ3n) is 5.74. The van der Waals surface area contributed by atoms with E-state index in [2.05, 4.69) is 24.0 Å². The van der Waals surface area contributed by atoms with Gasteiger partial charge in [0.05, 0.1) is 10.5 Å². The average Bonchev–Trinajstić information content (AvgIpc) is 3.34. The highest BCUT2D eigenvalue weighted by atomic mass is 32.1. The summed E-state index contributed by atoms with van der Waals surface area (Å²) in [6.45, 7) is 6.43. The van der Waals surface area contributed by atoms with Crippen LogP contribution >= 0.6 is 11.3 Å². The lowest BCUT2D eigenvalue weighted by atomic mass is 9.78. The first kappa shape index (κ1) is 18.6. The van der Waals surface area contributed by atoms with Crippen LogP contribution in [0.3, 0.4) is 0 Å². The van der Waals surface area contributed by atoms with Crippen molar-refractivity contribution in [3.8, 4) is 0 Å². The monoisotopic (exact) mass is 389 g/mol. The number of hydrogen-bond donors (Lipinski definition) is 0. The summed E-state index contributed by atoms with van der Waals surface area (Å²) in [5, 5.41) is 6.10. The average molecular weight is 390 g/mol. The Kier molecular flexibility index (Phi) is 5.32. The van der Waals surface area contributed by atoms with Crippen LogP contribution in [0.15, 0.2) is 22.0 Å². The highest BCUT2D eigenvalue weighted by Gasteiger charge is 2.41. The molecule has 2 aromatic rings. The van der Waals surface area contributed by atoms with Gasteiger partial charge >= 0.3 is 0 Å². The van der Waals surface area contributed by atoms with E-state index in [-0.39, 0.29) is 17.4 Å². The molecule has 1 atom stereocenters. The van der Waals surface area contributed by atoms with Gasteiger partial charge < -0.3 is 14.2 Å². The van der Waals surface area contributed by atoms with Crippen molar-refractivity contribution in [2.45, 2.75) is 57.5 Å². The first-order valence-electron chi connectivity index (χ1n) is 9.84. The standard InChI is InChI=1S/C20H27N3O3S/c1-14(2)18-21-17(22-26-18)12-15-5-10-25-20(13-15)6-8-23(9-7-20)19(24)16-4-3-11-27-16/h3-4,11,14-15H,5-10,12-13H2,1-2H3. The van der Waals surface area contributed by atoms with E-state index in [4.69, 9.17) is 9.26 Å². The molecule has 0 aromatic carbocycles. The molecule has 2 saturated heterocycles. The minimum atomic E-state index is -0.0975. The van der Waals surface area contributed by atoms with E-state index >= 15 is 0 Å². The van der Waals surface area contributed by atoms with E-state index in [0.29, 0.717) is 11.8 Å². The van der Waals surface area contributed by atoms with Gasteiger partial charge in [0.25, 0.3) is 5.91 Å². The molecule has 0 aliphatic carbocycles. The minimum Gasteiger partial charge on any atom is -0.375 e. The fourth-order valence-corrected chi connectivity index (χ4v) is 4.86. The number of carbonyl (C=O) groups excluding carboxylic acids is 1. The number of ether oxygens (including phenoxy) is 1. The molecule has 0 saturated carbocycles. The van der Waals surface area contributed by atoms with Crippen LogP contribution in [0, 0.1) is 5.92 Å². The number of amides is 1. The summed E-state index contributed by atoms with van der Waals surface area (Å²) in [6, 6.07) is 3.83. The van der Waals surface area contributed by atoms with Gasteiger partial charge in [-0.2, -0.15) is 4.98 Å².